The monoisotopic (exact) mass is 440 g/mol. The minimum atomic E-state index is -0.872. The number of imidazole rings is 1. The van der Waals surface area contributed by atoms with Crippen LogP contribution in [0.2, 0.25) is 0 Å². The number of nitrogens with zero attached hydrogens (tertiary/aromatic N) is 2. The normalized spacial score (nSPS) is 14.9. The van der Waals surface area contributed by atoms with Crippen LogP contribution in [0.4, 0.5) is 5.69 Å². The quantitative estimate of drug-likeness (QED) is 0.478. The summed E-state index contributed by atoms with van der Waals surface area (Å²) in [4.78, 5) is 29.8. The van der Waals surface area contributed by atoms with Crippen molar-refractivity contribution >= 4 is 28.5 Å². The van der Waals surface area contributed by atoms with E-state index in [1.165, 1.54) is 0 Å². The number of anilines is 1. The van der Waals surface area contributed by atoms with E-state index in [1.807, 2.05) is 61.5 Å². The highest BCUT2D eigenvalue weighted by molar-refractivity contribution is 6.00. The number of amides is 2. The van der Waals surface area contributed by atoms with Crippen LogP contribution in [0.5, 0.6) is 5.75 Å². The van der Waals surface area contributed by atoms with Gasteiger partial charge in [0.25, 0.3) is 5.91 Å². The lowest BCUT2D eigenvalue weighted by Crippen LogP contribution is -2.41. The molecule has 1 unspecified atom stereocenters. The summed E-state index contributed by atoms with van der Waals surface area (Å²) in [5, 5.41) is 5.73. The van der Waals surface area contributed by atoms with Gasteiger partial charge in [-0.15, -0.1) is 0 Å². The van der Waals surface area contributed by atoms with Crippen molar-refractivity contribution in [2.45, 2.75) is 32.5 Å². The predicted octanol–water partition coefficient (Wildman–Crippen LogP) is 3.80. The molecule has 2 heterocycles. The van der Waals surface area contributed by atoms with Gasteiger partial charge in [-0.2, -0.15) is 0 Å². The van der Waals surface area contributed by atoms with Crippen LogP contribution in [0.1, 0.15) is 23.4 Å². The maximum atomic E-state index is 12.7. The fourth-order valence-electron chi connectivity index (χ4n) is 4.02. The molecule has 7 nitrogen and oxygen atoms in total. The number of carbonyl (C=O) groups excluding carboxylic acids is 2. The first-order valence-electron chi connectivity index (χ1n) is 10.9. The van der Waals surface area contributed by atoms with E-state index in [4.69, 9.17) is 9.72 Å². The minimum Gasteiger partial charge on any atom is -0.478 e. The number of ether oxygens (including phenoxy) is 1. The number of carbonyl (C=O) groups is 2. The molecule has 1 aromatic heterocycles. The van der Waals surface area contributed by atoms with Gasteiger partial charge >= 0.3 is 0 Å². The Labute approximate surface area is 191 Å². The SMILES string of the molecule is Cc1ccc2c(c1)NC(=O)C(CC(=O)NCc1nc3ccccc3n1Cc1ccccc1)O2. The summed E-state index contributed by atoms with van der Waals surface area (Å²) in [7, 11) is 0. The van der Waals surface area contributed by atoms with Crippen LogP contribution in [-0.4, -0.2) is 27.5 Å². The lowest BCUT2D eigenvalue weighted by Gasteiger charge is -2.25. The topological polar surface area (TPSA) is 85.3 Å². The van der Waals surface area contributed by atoms with Gasteiger partial charge in [0.15, 0.2) is 6.10 Å². The molecule has 0 radical (unpaired) electrons. The van der Waals surface area contributed by atoms with Crippen LogP contribution in [0.15, 0.2) is 72.8 Å². The molecular formula is C26H24N4O3. The zero-order valence-corrected chi connectivity index (χ0v) is 18.2. The summed E-state index contributed by atoms with van der Waals surface area (Å²) in [6.45, 7) is 2.85. The summed E-state index contributed by atoms with van der Waals surface area (Å²) in [5.74, 6) is 0.731. The number of hydrogen-bond acceptors (Lipinski definition) is 4. The van der Waals surface area contributed by atoms with E-state index < -0.39 is 6.10 Å². The van der Waals surface area contributed by atoms with Crippen molar-refractivity contribution in [1.29, 1.82) is 0 Å². The number of aryl methyl sites for hydroxylation is 1. The number of fused-ring (bicyclic) bond motifs is 2. The van der Waals surface area contributed by atoms with Crippen LogP contribution in [-0.2, 0) is 22.7 Å². The third kappa shape index (κ3) is 4.43. The molecule has 4 aromatic rings. The van der Waals surface area contributed by atoms with Gasteiger partial charge in [-0.1, -0.05) is 48.5 Å². The molecule has 0 fully saturated rings. The molecule has 7 heteroatoms. The second kappa shape index (κ2) is 8.78. The molecule has 2 N–H and O–H groups in total. The van der Waals surface area contributed by atoms with Gasteiger partial charge in [0, 0.05) is 6.54 Å². The van der Waals surface area contributed by atoms with Gasteiger partial charge in [-0.25, -0.2) is 4.98 Å². The molecule has 0 aliphatic carbocycles. The van der Waals surface area contributed by atoms with Gasteiger partial charge in [0.05, 0.1) is 29.7 Å². The molecule has 0 saturated heterocycles. The summed E-state index contributed by atoms with van der Waals surface area (Å²) >= 11 is 0. The largest absolute Gasteiger partial charge is 0.478 e. The van der Waals surface area contributed by atoms with Crippen LogP contribution < -0.4 is 15.4 Å². The van der Waals surface area contributed by atoms with E-state index in [2.05, 4.69) is 27.3 Å². The molecule has 166 valence electrons. The van der Waals surface area contributed by atoms with Crippen LogP contribution in [0, 0.1) is 6.92 Å². The standard InChI is InChI=1S/C26H24N4O3/c1-17-11-12-22-20(13-17)29-26(32)23(33-22)14-25(31)27-15-24-28-19-9-5-6-10-21(19)30(24)16-18-7-3-2-4-8-18/h2-13,23H,14-16H2,1H3,(H,27,31)(H,29,32). The Morgan fingerprint density at radius 2 is 1.88 bits per heavy atom. The third-order valence-electron chi connectivity index (χ3n) is 5.69. The number of nitrogens with one attached hydrogen (secondary N) is 2. The second-order valence-electron chi connectivity index (χ2n) is 8.16. The predicted molar refractivity (Wildman–Crippen MR) is 126 cm³/mol. The Morgan fingerprint density at radius 3 is 2.73 bits per heavy atom. The Bertz CT molecular complexity index is 1330. The molecule has 0 saturated carbocycles. The van der Waals surface area contributed by atoms with E-state index >= 15 is 0 Å². The van der Waals surface area contributed by atoms with Crippen LogP contribution >= 0.6 is 0 Å². The highest BCUT2D eigenvalue weighted by Crippen LogP contribution is 2.31. The Morgan fingerprint density at radius 1 is 1.09 bits per heavy atom. The molecule has 5 rings (SSSR count). The van der Waals surface area contributed by atoms with Gasteiger partial charge < -0.3 is 19.9 Å². The molecule has 3 aromatic carbocycles. The fourth-order valence-corrected chi connectivity index (χ4v) is 4.02. The summed E-state index contributed by atoms with van der Waals surface area (Å²) in [5.41, 5.74) is 4.68. The lowest BCUT2D eigenvalue weighted by molar-refractivity contribution is -0.130. The molecule has 33 heavy (non-hydrogen) atoms. The zero-order valence-electron chi connectivity index (χ0n) is 18.2. The first-order chi connectivity index (χ1) is 16.1. The van der Waals surface area contributed by atoms with Crippen molar-refractivity contribution in [2.24, 2.45) is 0 Å². The van der Waals surface area contributed by atoms with Gasteiger partial charge in [0.2, 0.25) is 5.91 Å². The highest BCUT2D eigenvalue weighted by atomic mass is 16.5. The van der Waals surface area contributed by atoms with E-state index in [-0.39, 0.29) is 24.8 Å². The Hall–Kier alpha value is -4.13. The summed E-state index contributed by atoms with van der Waals surface area (Å²) < 4.78 is 7.88. The van der Waals surface area contributed by atoms with Crippen molar-refractivity contribution in [3.63, 3.8) is 0 Å². The first kappa shape index (κ1) is 20.8. The summed E-state index contributed by atoms with van der Waals surface area (Å²) in [6.07, 6.45) is -0.943. The number of benzene rings is 3. The third-order valence-corrected chi connectivity index (χ3v) is 5.69. The number of rotatable bonds is 6. The average Bonchev–Trinajstić information content (AvgIpc) is 3.16. The molecule has 1 atom stereocenters. The van der Waals surface area contributed by atoms with Crippen molar-refractivity contribution in [2.75, 3.05) is 5.32 Å². The molecule has 1 aliphatic heterocycles. The van der Waals surface area contributed by atoms with Crippen molar-refractivity contribution in [1.82, 2.24) is 14.9 Å². The smallest absolute Gasteiger partial charge is 0.266 e. The zero-order chi connectivity index (χ0) is 22.8. The first-order valence-corrected chi connectivity index (χ1v) is 10.9. The average molecular weight is 441 g/mol. The molecule has 0 bridgehead atoms. The molecule has 0 spiro atoms. The lowest BCUT2D eigenvalue weighted by atomic mass is 10.1. The second-order valence-corrected chi connectivity index (χ2v) is 8.16. The number of aromatic nitrogens is 2. The van der Waals surface area contributed by atoms with E-state index in [0.717, 1.165) is 28.0 Å². The van der Waals surface area contributed by atoms with E-state index in [9.17, 15) is 9.59 Å². The van der Waals surface area contributed by atoms with E-state index in [0.29, 0.717) is 18.0 Å². The van der Waals surface area contributed by atoms with Crippen molar-refractivity contribution < 1.29 is 14.3 Å². The van der Waals surface area contributed by atoms with Crippen molar-refractivity contribution in [3.05, 3.63) is 89.7 Å². The molecular weight excluding hydrogens is 416 g/mol. The molecule has 1 aliphatic rings. The highest BCUT2D eigenvalue weighted by Gasteiger charge is 2.29. The maximum Gasteiger partial charge on any atom is 0.266 e. The van der Waals surface area contributed by atoms with Gasteiger partial charge in [-0.05, 0) is 42.3 Å². The fraction of sp³-hybridized carbons (Fsp3) is 0.192. The maximum absolute atomic E-state index is 12.7. The van der Waals surface area contributed by atoms with Crippen LogP contribution in [0.3, 0.4) is 0 Å². The molecule has 2 amide bonds. The van der Waals surface area contributed by atoms with E-state index in [1.54, 1.807) is 6.07 Å². The number of para-hydroxylation sites is 2. The van der Waals surface area contributed by atoms with Crippen molar-refractivity contribution in [3.8, 4) is 5.75 Å². The van der Waals surface area contributed by atoms with Gasteiger partial charge in [0.1, 0.15) is 11.6 Å². The Balaban J connectivity index is 1.29. The minimum absolute atomic E-state index is 0.0714. The Kier molecular flexibility index (Phi) is 5.52. The van der Waals surface area contributed by atoms with Crippen LogP contribution in [0.25, 0.3) is 11.0 Å². The van der Waals surface area contributed by atoms with Gasteiger partial charge in [-0.3, -0.25) is 9.59 Å². The number of hydrogen-bond donors (Lipinski definition) is 2. The summed E-state index contributed by atoms with van der Waals surface area (Å²) in [6, 6.07) is 23.6.